The molecule has 1 atom stereocenters. The Labute approximate surface area is 130 Å². The van der Waals surface area contributed by atoms with Crippen LogP contribution >= 0.6 is 0 Å². The summed E-state index contributed by atoms with van der Waals surface area (Å²) < 4.78 is 6.56. The number of hydrogen-bond donors (Lipinski definition) is 2. The summed E-state index contributed by atoms with van der Waals surface area (Å²) in [6, 6.07) is 0. The Hall–Kier alpha value is -1.89. The lowest BCUT2D eigenvalue weighted by Crippen LogP contribution is -2.48. The number of ether oxygens (including phenoxy) is 1. The fourth-order valence-electron chi connectivity index (χ4n) is 2.23. The number of rotatable bonds is 6. The molecule has 0 radical (unpaired) electrons. The highest BCUT2D eigenvalue weighted by Crippen LogP contribution is 2.21. The molecule has 1 aromatic rings. The minimum Gasteiger partial charge on any atom is -0.464 e. The molecule has 2 heterocycles. The van der Waals surface area contributed by atoms with Crippen LogP contribution in [0.15, 0.2) is 12.4 Å². The van der Waals surface area contributed by atoms with Gasteiger partial charge in [-0.3, -0.25) is 9.48 Å². The number of esters is 1. The Bertz CT molecular complexity index is 549. The standard InChI is InChI=1S/C15H24N4O3/c1-5-22-14(21)15(3,4)19-9-12(8-17-19)18-13(20)10(2)11-6-16-7-11/h8-11,16H,5-7H2,1-4H3,(H,18,20). The average Bonchev–Trinajstić information content (AvgIpc) is 2.86. The van der Waals surface area contributed by atoms with E-state index < -0.39 is 5.54 Å². The van der Waals surface area contributed by atoms with Crippen molar-refractivity contribution in [3.63, 3.8) is 0 Å². The molecule has 1 aromatic heterocycles. The van der Waals surface area contributed by atoms with Gasteiger partial charge in [0.25, 0.3) is 0 Å². The van der Waals surface area contributed by atoms with Gasteiger partial charge in [-0.1, -0.05) is 6.92 Å². The van der Waals surface area contributed by atoms with Crippen LogP contribution in [-0.2, 0) is 19.9 Å². The molecule has 7 heteroatoms. The van der Waals surface area contributed by atoms with Gasteiger partial charge in [0.15, 0.2) is 5.54 Å². The summed E-state index contributed by atoms with van der Waals surface area (Å²) in [7, 11) is 0. The number of carbonyl (C=O) groups excluding carboxylic acids is 2. The molecular weight excluding hydrogens is 284 g/mol. The summed E-state index contributed by atoms with van der Waals surface area (Å²) in [5.74, 6) is -0.0569. The smallest absolute Gasteiger partial charge is 0.333 e. The summed E-state index contributed by atoms with van der Waals surface area (Å²) in [6.07, 6.45) is 3.20. The summed E-state index contributed by atoms with van der Waals surface area (Å²) in [5.41, 5.74) is -0.329. The van der Waals surface area contributed by atoms with Gasteiger partial charge in [0.1, 0.15) is 0 Å². The molecular formula is C15H24N4O3. The average molecular weight is 308 g/mol. The normalized spacial score (nSPS) is 16.7. The summed E-state index contributed by atoms with van der Waals surface area (Å²) in [4.78, 5) is 24.1. The number of amides is 1. The molecule has 1 fully saturated rings. The molecule has 0 aromatic carbocycles. The first-order valence-electron chi connectivity index (χ1n) is 7.60. The molecule has 22 heavy (non-hydrogen) atoms. The second-order valence-electron chi connectivity index (χ2n) is 6.15. The molecule has 2 N–H and O–H groups in total. The summed E-state index contributed by atoms with van der Waals surface area (Å²) >= 11 is 0. The quantitative estimate of drug-likeness (QED) is 0.765. The molecule has 0 saturated carbocycles. The molecule has 1 unspecified atom stereocenters. The van der Waals surface area contributed by atoms with Crippen molar-refractivity contribution in [3.05, 3.63) is 12.4 Å². The van der Waals surface area contributed by atoms with Gasteiger partial charge in [-0.05, 0) is 39.8 Å². The molecule has 1 aliphatic heterocycles. The number of anilines is 1. The molecule has 1 amide bonds. The Kier molecular flexibility index (Phi) is 4.85. The fourth-order valence-corrected chi connectivity index (χ4v) is 2.23. The van der Waals surface area contributed by atoms with Crippen molar-refractivity contribution in [3.8, 4) is 0 Å². The highest BCUT2D eigenvalue weighted by Gasteiger charge is 2.33. The Morgan fingerprint density at radius 2 is 2.23 bits per heavy atom. The van der Waals surface area contributed by atoms with Crippen LogP contribution in [-0.4, -0.2) is 41.4 Å². The van der Waals surface area contributed by atoms with Crippen molar-refractivity contribution in [1.82, 2.24) is 15.1 Å². The largest absolute Gasteiger partial charge is 0.464 e. The second kappa shape index (κ2) is 6.48. The van der Waals surface area contributed by atoms with E-state index in [1.807, 2.05) is 6.92 Å². The molecule has 122 valence electrons. The van der Waals surface area contributed by atoms with Crippen molar-refractivity contribution in [2.24, 2.45) is 11.8 Å². The van der Waals surface area contributed by atoms with E-state index in [4.69, 9.17) is 4.74 Å². The monoisotopic (exact) mass is 308 g/mol. The predicted octanol–water partition coefficient (Wildman–Crippen LogP) is 0.975. The molecule has 0 bridgehead atoms. The maximum atomic E-state index is 12.2. The summed E-state index contributed by atoms with van der Waals surface area (Å²) in [5, 5.41) is 10.2. The van der Waals surface area contributed by atoms with Gasteiger partial charge in [-0.25, -0.2) is 4.79 Å². The lowest BCUT2D eigenvalue weighted by Gasteiger charge is -2.31. The maximum absolute atomic E-state index is 12.2. The van der Waals surface area contributed by atoms with E-state index in [-0.39, 0.29) is 17.8 Å². The van der Waals surface area contributed by atoms with Crippen LogP contribution in [0.5, 0.6) is 0 Å². The van der Waals surface area contributed by atoms with Gasteiger partial charge in [0.05, 0.1) is 18.5 Å². The number of hydrogen-bond acceptors (Lipinski definition) is 5. The number of carbonyl (C=O) groups is 2. The SMILES string of the molecule is CCOC(=O)C(C)(C)n1cc(NC(=O)C(C)C2CNC2)cn1. The zero-order valence-corrected chi connectivity index (χ0v) is 13.5. The molecule has 0 spiro atoms. The minimum atomic E-state index is -0.914. The topological polar surface area (TPSA) is 85.2 Å². The van der Waals surface area contributed by atoms with Crippen LogP contribution in [0.3, 0.4) is 0 Å². The lowest BCUT2D eigenvalue weighted by molar-refractivity contribution is -0.152. The van der Waals surface area contributed by atoms with Crippen LogP contribution < -0.4 is 10.6 Å². The van der Waals surface area contributed by atoms with Gasteiger partial charge in [0, 0.05) is 12.1 Å². The predicted molar refractivity (Wildman–Crippen MR) is 82.3 cm³/mol. The second-order valence-corrected chi connectivity index (χ2v) is 6.15. The van der Waals surface area contributed by atoms with E-state index in [9.17, 15) is 9.59 Å². The highest BCUT2D eigenvalue weighted by molar-refractivity contribution is 5.92. The third-order valence-electron chi connectivity index (χ3n) is 4.13. The molecule has 0 aliphatic carbocycles. The van der Waals surface area contributed by atoms with E-state index >= 15 is 0 Å². The van der Waals surface area contributed by atoms with E-state index in [0.29, 0.717) is 18.2 Å². The Morgan fingerprint density at radius 1 is 1.55 bits per heavy atom. The van der Waals surface area contributed by atoms with Crippen LogP contribution in [0.1, 0.15) is 27.7 Å². The van der Waals surface area contributed by atoms with E-state index in [1.165, 1.54) is 4.68 Å². The third kappa shape index (κ3) is 3.30. The first-order chi connectivity index (χ1) is 10.4. The fraction of sp³-hybridized carbons (Fsp3) is 0.667. The van der Waals surface area contributed by atoms with Crippen LogP contribution in [0.25, 0.3) is 0 Å². The summed E-state index contributed by atoms with van der Waals surface area (Å²) in [6.45, 7) is 9.22. The van der Waals surface area contributed by atoms with Crippen LogP contribution in [0, 0.1) is 11.8 Å². The zero-order chi connectivity index (χ0) is 16.3. The maximum Gasteiger partial charge on any atom is 0.333 e. The van der Waals surface area contributed by atoms with Crippen molar-refractivity contribution < 1.29 is 14.3 Å². The number of nitrogens with one attached hydrogen (secondary N) is 2. The minimum absolute atomic E-state index is 0.0278. The molecule has 1 aliphatic rings. The van der Waals surface area contributed by atoms with Crippen LogP contribution in [0.4, 0.5) is 5.69 Å². The van der Waals surface area contributed by atoms with Gasteiger partial charge in [-0.15, -0.1) is 0 Å². The van der Waals surface area contributed by atoms with Crippen molar-refractivity contribution in [2.75, 3.05) is 25.0 Å². The van der Waals surface area contributed by atoms with E-state index in [1.54, 1.807) is 33.2 Å². The molecule has 7 nitrogen and oxygen atoms in total. The third-order valence-corrected chi connectivity index (χ3v) is 4.13. The number of aromatic nitrogens is 2. The number of nitrogens with zero attached hydrogens (tertiary/aromatic N) is 2. The van der Waals surface area contributed by atoms with Gasteiger partial charge in [-0.2, -0.15) is 5.10 Å². The van der Waals surface area contributed by atoms with Crippen molar-refractivity contribution in [1.29, 1.82) is 0 Å². The van der Waals surface area contributed by atoms with Crippen LogP contribution in [0.2, 0.25) is 0 Å². The van der Waals surface area contributed by atoms with Gasteiger partial charge < -0.3 is 15.4 Å². The van der Waals surface area contributed by atoms with Gasteiger partial charge in [0.2, 0.25) is 5.91 Å². The Balaban J connectivity index is 2.01. The van der Waals surface area contributed by atoms with Crippen molar-refractivity contribution in [2.45, 2.75) is 33.2 Å². The molecule has 2 rings (SSSR count). The highest BCUT2D eigenvalue weighted by atomic mass is 16.5. The zero-order valence-electron chi connectivity index (χ0n) is 13.5. The molecule has 1 saturated heterocycles. The van der Waals surface area contributed by atoms with Crippen molar-refractivity contribution >= 4 is 17.6 Å². The lowest BCUT2D eigenvalue weighted by atomic mass is 9.88. The first-order valence-corrected chi connectivity index (χ1v) is 7.60. The first kappa shape index (κ1) is 16.5. The van der Waals surface area contributed by atoms with E-state index in [0.717, 1.165) is 13.1 Å². The van der Waals surface area contributed by atoms with E-state index in [2.05, 4.69) is 15.7 Å². The Morgan fingerprint density at radius 3 is 2.77 bits per heavy atom. The van der Waals surface area contributed by atoms with Gasteiger partial charge >= 0.3 is 5.97 Å².